The highest BCUT2D eigenvalue weighted by atomic mass is 15.3. The second-order valence-electron chi connectivity index (χ2n) is 6.35. The van der Waals surface area contributed by atoms with Gasteiger partial charge in [0.05, 0.1) is 6.04 Å². The minimum atomic E-state index is 0.125. The second-order valence-corrected chi connectivity index (χ2v) is 6.35. The minimum absolute atomic E-state index is 0.125. The van der Waals surface area contributed by atoms with Gasteiger partial charge in [0.2, 0.25) is 0 Å². The summed E-state index contributed by atoms with van der Waals surface area (Å²) < 4.78 is 1.96. The van der Waals surface area contributed by atoms with Crippen molar-refractivity contribution in [3.8, 4) is 0 Å². The third-order valence-corrected chi connectivity index (χ3v) is 4.55. The number of benzene rings is 2. The van der Waals surface area contributed by atoms with Crippen LogP contribution in [0.25, 0.3) is 10.8 Å². The Bertz CT molecular complexity index is 906. The van der Waals surface area contributed by atoms with Crippen LogP contribution >= 0.6 is 0 Å². The number of aromatic nitrogens is 3. The molecule has 0 spiro atoms. The summed E-state index contributed by atoms with van der Waals surface area (Å²) in [5.41, 5.74) is 1.25. The Morgan fingerprint density at radius 2 is 1.92 bits per heavy atom. The Labute approximate surface area is 154 Å². The number of guanidine groups is 1. The molecule has 0 bridgehead atoms. The molecule has 136 valence electrons. The average molecular weight is 350 g/mol. The van der Waals surface area contributed by atoms with Crippen LogP contribution in [0.5, 0.6) is 0 Å². The average Bonchev–Trinajstić information content (AvgIpc) is 2.97. The van der Waals surface area contributed by atoms with E-state index in [1.807, 2.05) is 18.5 Å². The number of nitrogens with zero attached hydrogens (tertiary/aromatic N) is 4. The number of aryl methyl sites for hydroxylation is 1. The molecule has 6 nitrogen and oxygen atoms in total. The van der Waals surface area contributed by atoms with Gasteiger partial charge in [0.15, 0.2) is 11.8 Å². The standard InChI is InChI=1S/C20H26N6/c1-5-21-20(22-13-19-25-24-15(3)26(19)4)23-14(2)17-12-8-10-16-9-6-7-11-18(16)17/h6-12,14H,5,13H2,1-4H3,(H2,21,22,23). The van der Waals surface area contributed by atoms with Gasteiger partial charge >= 0.3 is 0 Å². The lowest BCUT2D eigenvalue weighted by Crippen LogP contribution is -2.38. The second kappa shape index (κ2) is 7.99. The van der Waals surface area contributed by atoms with Gasteiger partial charge < -0.3 is 15.2 Å². The predicted molar refractivity (Wildman–Crippen MR) is 106 cm³/mol. The molecular formula is C20H26N6. The smallest absolute Gasteiger partial charge is 0.192 e. The summed E-state index contributed by atoms with van der Waals surface area (Å²) in [5.74, 6) is 2.50. The van der Waals surface area contributed by atoms with Crippen molar-refractivity contribution in [1.82, 2.24) is 25.4 Å². The molecule has 3 rings (SSSR count). The van der Waals surface area contributed by atoms with Crippen LogP contribution in [-0.2, 0) is 13.6 Å². The summed E-state index contributed by atoms with van der Waals surface area (Å²) in [6, 6.07) is 15.0. The van der Waals surface area contributed by atoms with Crippen molar-refractivity contribution >= 4 is 16.7 Å². The molecule has 0 amide bonds. The van der Waals surface area contributed by atoms with Crippen molar-refractivity contribution in [3.05, 3.63) is 59.7 Å². The summed E-state index contributed by atoms with van der Waals surface area (Å²) >= 11 is 0. The molecule has 1 atom stereocenters. The minimum Gasteiger partial charge on any atom is -0.357 e. The Morgan fingerprint density at radius 1 is 1.15 bits per heavy atom. The fourth-order valence-electron chi connectivity index (χ4n) is 2.97. The lowest BCUT2D eigenvalue weighted by atomic mass is 10.00. The molecule has 1 heterocycles. The maximum absolute atomic E-state index is 4.67. The fraction of sp³-hybridized carbons (Fsp3) is 0.350. The monoisotopic (exact) mass is 350 g/mol. The molecule has 1 aromatic heterocycles. The van der Waals surface area contributed by atoms with Crippen LogP contribution in [0.15, 0.2) is 47.5 Å². The van der Waals surface area contributed by atoms with Gasteiger partial charge in [-0.25, -0.2) is 4.99 Å². The molecule has 0 fully saturated rings. The molecule has 0 aliphatic rings. The number of hydrogen-bond acceptors (Lipinski definition) is 3. The van der Waals surface area contributed by atoms with Crippen LogP contribution in [0.4, 0.5) is 0 Å². The number of nitrogens with one attached hydrogen (secondary N) is 2. The molecule has 0 saturated carbocycles. The molecule has 26 heavy (non-hydrogen) atoms. The quantitative estimate of drug-likeness (QED) is 0.548. The third kappa shape index (κ3) is 3.85. The van der Waals surface area contributed by atoms with Gasteiger partial charge in [-0.15, -0.1) is 10.2 Å². The van der Waals surface area contributed by atoms with Crippen molar-refractivity contribution in [3.63, 3.8) is 0 Å². The molecular weight excluding hydrogens is 324 g/mol. The lowest BCUT2D eigenvalue weighted by Gasteiger charge is -2.19. The summed E-state index contributed by atoms with van der Waals surface area (Å²) in [6.07, 6.45) is 0. The van der Waals surface area contributed by atoms with Gasteiger partial charge in [-0.3, -0.25) is 0 Å². The van der Waals surface area contributed by atoms with Crippen molar-refractivity contribution in [1.29, 1.82) is 0 Å². The maximum Gasteiger partial charge on any atom is 0.192 e. The number of hydrogen-bond donors (Lipinski definition) is 2. The topological polar surface area (TPSA) is 67.1 Å². The van der Waals surface area contributed by atoms with E-state index in [4.69, 9.17) is 0 Å². The van der Waals surface area contributed by atoms with Gasteiger partial charge in [0, 0.05) is 13.6 Å². The Morgan fingerprint density at radius 3 is 2.65 bits per heavy atom. The van der Waals surface area contributed by atoms with Gasteiger partial charge in [0.25, 0.3) is 0 Å². The van der Waals surface area contributed by atoms with E-state index in [0.717, 1.165) is 24.2 Å². The normalized spacial score (nSPS) is 13.0. The Kier molecular flexibility index (Phi) is 5.51. The van der Waals surface area contributed by atoms with E-state index >= 15 is 0 Å². The largest absolute Gasteiger partial charge is 0.357 e. The summed E-state index contributed by atoms with van der Waals surface area (Å²) in [7, 11) is 1.96. The van der Waals surface area contributed by atoms with Crippen molar-refractivity contribution < 1.29 is 0 Å². The molecule has 3 aromatic rings. The van der Waals surface area contributed by atoms with Crippen LogP contribution in [0.2, 0.25) is 0 Å². The number of aliphatic imine (C=N–C) groups is 1. The zero-order valence-electron chi connectivity index (χ0n) is 15.8. The third-order valence-electron chi connectivity index (χ3n) is 4.55. The van der Waals surface area contributed by atoms with Crippen LogP contribution in [0.1, 0.15) is 37.1 Å². The zero-order chi connectivity index (χ0) is 18.5. The first-order valence-electron chi connectivity index (χ1n) is 8.97. The number of rotatable bonds is 5. The Balaban J connectivity index is 1.80. The van der Waals surface area contributed by atoms with E-state index in [9.17, 15) is 0 Å². The lowest BCUT2D eigenvalue weighted by molar-refractivity contribution is 0.685. The van der Waals surface area contributed by atoms with Gasteiger partial charge in [-0.05, 0) is 37.1 Å². The first-order valence-corrected chi connectivity index (χ1v) is 8.97. The fourth-order valence-corrected chi connectivity index (χ4v) is 2.97. The predicted octanol–water partition coefficient (Wildman–Crippen LogP) is 3.09. The number of fused-ring (bicyclic) bond motifs is 1. The highest BCUT2D eigenvalue weighted by Gasteiger charge is 2.11. The molecule has 0 saturated heterocycles. The van der Waals surface area contributed by atoms with Crippen LogP contribution in [0, 0.1) is 6.92 Å². The summed E-state index contributed by atoms with van der Waals surface area (Å²) in [6.45, 7) is 7.43. The highest BCUT2D eigenvalue weighted by Crippen LogP contribution is 2.23. The molecule has 1 unspecified atom stereocenters. The van der Waals surface area contributed by atoms with Crippen molar-refractivity contribution in [2.24, 2.45) is 12.0 Å². The van der Waals surface area contributed by atoms with Gasteiger partial charge in [-0.1, -0.05) is 42.5 Å². The van der Waals surface area contributed by atoms with E-state index in [2.05, 4.69) is 82.1 Å². The van der Waals surface area contributed by atoms with Crippen molar-refractivity contribution in [2.45, 2.75) is 33.4 Å². The van der Waals surface area contributed by atoms with E-state index in [0.29, 0.717) is 6.54 Å². The first kappa shape index (κ1) is 17.9. The highest BCUT2D eigenvalue weighted by molar-refractivity contribution is 5.87. The maximum atomic E-state index is 4.67. The van der Waals surface area contributed by atoms with Crippen LogP contribution in [0.3, 0.4) is 0 Å². The molecule has 2 N–H and O–H groups in total. The molecule has 2 aromatic carbocycles. The van der Waals surface area contributed by atoms with E-state index in [-0.39, 0.29) is 6.04 Å². The van der Waals surface area contributed by atoms with E-state index in [1.54, 1.807) is 0 Å². The van der Waals surface area contributed by atoms with Crippen LogP contribution in [-0.4, -0.2) is 27.3 Å². The molecule has 0 aliphatic carbocycles. The van der Waals surface area contributed by atoms with E-state index in [1.165, 1.54) is 16.3 Å². The van der Waals surface area contributed by atoms with Gasteiger partial charge in [0.1, 0.15) is 12.4 Å². The molecule has 0 radical (unpaired) electrons. The SMILES string of the molecule is CCNC(=NCc1nnc(C)n1C)NC(C)c1cccc2ccccc12. The van der Waals surface area contributed by atoms with E-state index < -0.39 is 0 Å². The Hall–Kier alpha value is -2.89. The van der Waals surface area contributed by atoms with Crippen LogP contribution < -0.4 is 10.6 Å². The summed E-state index contributed by atoms with van der Waals surface area (Å²) in [5, 5.41) is 17.6. The first-order chi connectivity index (χ1) is 12.6. The van der Waals surface area contributed by atoms with Crippen molar-refractivity contribution in [2.75, 3.05) is 6.54 Å². The summed E-state index contributed by atoms with van der Waals surface area (Å²) in [4.78, 5) is 4.67. The zero-order valence-corrected chi connectivity index (χ0v) is 15.8. The molecule has 0 aliphatic heterocycles. The van der Waals surface area contributed by atoms with Gasteiger partial charge in [-0.2, -0.15) is 0 Å². The molecule has 6 heteroatoms.